The minimum atomic E-state index is 0.505. The Hall–Kier alpha value is -3.34. The standard InChI is InChI=1S/C16H18N8/c1-23-10-12(8-20-23)6-18-15-4-3-14(5-17)16(22-15)19-7-13-9-21-24(2)11-13/h3-4,8-11H,6-7H2,1-2H3,(H2,18,19,22). The maximum absolute atomic E-state index is 9.24. The van der Waals surface area contributed by atoms with Gasteiger partial charge in [-0.3, -0.25) is 9.36 Å². The lowest BCUT2D eigenvalue weighted by Gasteiger charge is -2.09. The van der Waals surface area contributed by atoms with E-state index in [9.17, 15) is 5.26 Å². The molecule has 3 heterocycles. The number of hydrogen-bond donors (Lipinski definition) is 2. The lowest BCUT2D eigenvalue weighted by atomic mass is 10.2. The summed E-state index contributed by atoms with van der Waals surface area (Å²) in [5.41, 5.74) is 2.59. The molecule has 2 N–H and O–H groups in total. The molecular formula is C16H18N8. The molecule has 0 saturated heterocycles. The van der Waals surface area contributed by atoms with Crippen LogP contribution in [0.25, 0.3) is 0 Å². The first-order chi connectivity index (χ1) is 11.6. The number of nitrogens with zero attached hydrogens (tertiary/aromatic N) is 6. The first kappa shape index (κ1) is 15.6. The lowest BCUT2D eigenvalue weighted by Crippen LogP contribution is -2.06. The summed E-state index contributed by atoms with van der Waals surface area (Å²) in [6.07, 6.45) is 7.45. The average molecular weight is 322 g/mol. The Balaban J connectivity index is 1.69. The molecule has 0 fully saturated rings. The van der Waals surface area contributed by atoms with Crippen LogP contribution >= 0.6 is 0 Å². The van der Waals surface area contributed by atoms with Gasteiger partial charge in [0.2, 0.25) is 0 Å². The topological polar surface area (TPSA) is 96.4 Å². The van der Waals surface area contributed by atoms with E-state index >= 15 is 0 Å². The maximum atomic E-state index is 9.24. The zero-order valence-corrected chi connectivity index (χ0v) is 13.6. The molecule has 122 valence electrons. The van der Waals surface area contributed by atoms with Crippen molar-refractivity contribution < 1.29 is 0 Å². The molecule has 0 saturated carbocycles. The number of aryl methyl sites for hydroxylation is 2. The van der Waals surface area contributed by atoms with E-state index in [1.807, 2.05) is 26.5 Å². The van der Waals surface area contributed by atoms with Gasteiger partial charge in [-0.1, -0.05) is 0 Å². The van der Waals surface area contributed by atoms with Gasteiger partial charge in [0, 0.05) is 50.7 Å². The van der Waals surface area contributed by atoms with E-state index < -0.39 is 0 Å². The third-order valence-corrected chi connectivity index (χ3v) is 3.47. The van der Waals surface area contributed by atoms with Crippen LogP contribution in [0.2, 0.25) is 0 Å². The molecule has 0 amide bonds. The molecule has 3 aromatic heterocycles. The third-order valence-electron chi connectivity index (χ3n) is 3.47. The van der Waals surface area contributed by atoms with Gasteiger partial charge in [0.05, 0.1) is 18.0 Å². The largest absolute Gasteiger partial charge is 0.366 e. The van der Waals surface area contributed by atoms with Crippen molar-refractivity contribution in [3.63, 3.8) is 0 Å². The van der Waals surface area contributed by atoms with Crippen LogP contribution in [0.1, 0.15) is 16.7 Å². The summed E-state index contributed by atoms with van der Waals surface area (Å²) in [4.78, 5) is 4.49. The fraction of sp³-hybridized carbons (Fsp3) is 0.250. The van der Waals surface area contributed by atoms with Crippen LogP contribution in [0, 0.1) is 11.3 Å². The van der Waals surface area contributed by atoms with Crippen molar-refractivity contribution in [2.45, 2.75) is 13.1 Å². The highest BCUT2D eigenvalue weighted by molar-refractivity contribution is 5.56. The summed E-state index contributed by atoms with van der Waals surface area (Å²) in [5, 5.41) is 23.9. The molecule has 0 aliphatic heterocycles. The zero-order chi connectivity index (χ0) is 16.9. The first-order valence-corrected chi connectivity index (χ1v) is 7.48. The second kappa shape index (κ2) is 6.83. The van der Waals surface area contributed by atoms with Crippen LogP contribution in [0.4, 0.5) is 11.6 Å². The highest BCUT2D eigenvalue weighted by Crippen LogP contribution is 2.17. The summed E-state index contributed by atoms with van der Waals surface area (Å²) < 4.78 is 3.49. The Bertz CT molecular complexity index is 870. The Kier molecular flexibility index (Phi) is 4.43. The van der Waals surface area contributed by atoms with Crippen molar-refractivity contribution in [2.75, 3.05) is 10.6 Å². The van der Waals surface area contributed by atoms with E-state index in [0.29, 0.717) is 30.3 Å². The van der Waals surface area contributed by atoms with E-state index in [0.717, 1.165) is 11.1 Å². The molecule has 0 radical (unpaired) electrons. The third kappa shape index (κ3) is 3.70. The van der Waals surface area contributed by atoms with Crippen LogP contribution in [-0.2, 0) is 27.2 Å². The lowest BCUT2D eigenvalue weighted by molar-refractivity contribution is 0.767. The van der Waals surface area contributed by atoms with Crippen LogP contribution in [0.15, 0.2) is 36.9 Å². The molecule has 0 atom stereocenters. The molecule has 8 nitrogen and oxygen atoms in total. The SMILES string of the molecule is Cn1cc(CNc2ccc(C#N)c(NCc3cnn(C)c3)n2)cn1. The van der Waals surface area contributed by atoms with Gasteiger partial charge in [-0.25, -0.2) is 4.98 Å². The molecule has 24 heavy (non-hydrogen) atoms. The minimum absolute atomic E-state index is 0.505. The Labute approximate surface area is 139 Å². The van der Waals surface area contributed by atoms with Crippen molar-refractivity contribution in [3.05, 3.63) is 53.6 Å². The summed E-state index contributed by atoms with van der Waals surface area (Å²) in [6, 6.07) is 5.70. The van der Waals surface area contributed by atoms with E-state index in [-0.39, 0.29) is 0 Å². The second-order valence-electron chi connectivity index (χ2n) is 5.46. The number of pyridine rings is 1. The highest BCUT2D eigenvalue weighted by Gasteiger charge is 2.07. The van der Waals surface area contributed by atoms with Gasteiger partial charge < -0.3 is 10.6 Å². The molecule has 0 aliphatic rings. The Morgan fingerprint density at radius 3 is 2.17 bits per heavy atom. The number of anilines is 2. The fourth-order valence-corrected chi connectivity index (χ4v) is 2.29. The number of rotatable bonds is 6. The van der Waals surface area contributed by atoms with Gasteiger partial charge in [0.1, 0.15) is 17.7 Å². The summed E-state index contributed by atoms with van der Waals surface area (Å²) >= 11 is 0. The molecule has 0 spiro atoms. The van der Waals surface area contributed by atoms with E-state index in [4.69, 9.17) is 0 Å². The number of hydrogen-bond acceptors (Lipinski definition) is 6. The molecule has 0 aromatic carbocycles. The average Bonchev–Trinajstić information content (AvgIpc) is 3.19. The van der Waals surface area contributed by atoms with Crippen LogP contribution in [0.5, 0.6) is 0 Å². The highest BCUT2D eigenvalue weighted by atomic mass is 15.2. The van der Waals surface area contributed by atoms with Crippen LogP contribution in [-0.4, -0.2) is 24.5 Å². The summed E-state index contributed by atoms with van der Waals surface area (Å²) in [7, 11) is 3.75. The monoisotopic (exact) mass is 322 g/mol. The van der Waals surface area contributed by atoms with Crippen LogP contribution < -0.4 is 10.6 Å². The molecule has 0 unspecified atom stereocenters. The summed E-state index contributed by atoms with van der Waals surface area (Å²) in [6.45, 7) is 1.18. The van der Waals surface area contributed by atoms with Gasteiger partial charge in [-0.2, -0.15) is 15.5 Å². The van der Waals surface area contributed by atoms with Crippen molar-refractivity contribution in [1.29, 1.82) is 5.26 Å². The van der Waals surface area contributed by atoms with Crippen LogP contribution in [0.3, 0.4) is 0 Å². The van der Waals surface area contributed by atoms with E-state index in [1.54, 1.807) is 33.9 Å². The Morgan fingerprint density at radius 2 is 1.62 bits per heavy atom. The predicted molar refractivity (Wildman–Crippen MR) is 90.0 cm³/mol. The molecular weight excluding hydrogens is 304 g/mol. The normalized spacial score (nSPS) is 10.4. The van der Waals surface area contributed by atoms with Gasteiger partial charge >= 0.3 is 0 Å². The fourth-order valence-electron chi connectivity index (χ4n) is 2.29. The van der Waals surface area contributed by atoms with Crippen molar-refractivity contribution in [1.82, 2.24) is 24.5 Å². The predicted octanol–water partition coefficient (Wildman–Crippen LogP) is 1.64. The molecule has 3 rings (SSSR count). The second-order valence-corrected chi connectivity index (χ2v) is 5.46. The van der Waals surface area contributed by atoms with Gasteiger partial charge in [0.15, 0.2) is 0 Å². The smallest absolute Gasteiger partial charge is 0.146 e. The van der Waals surface area contributed by atoms with Gasteiger partial charge in [-0.05, 0) is 12.1 Å². The van der Waals surface area contributed by atoms with Crippen molar-refractivity contribution in [3.8, 4) is 6.07 Å². The summed E-state index contributed by atoms with van der Waals surface area (Å²) in [5.74, 6) is 1.25. The molecule has 3 aromatic rings. The number of nitrogens with one attached hydrogen (secondary N) is 2. The minimum Gasteiger partial charge on any atom is -0.366 e. The molecule has 0 aliphatic carbocycles. The quantitative estimate of drug-likeness (QED) is 0.716. The maximum Gasteiger partial charge on any atom is 0.146 e. The van der Waals surface area contributed by atoms with Gasteiger partial charge in [0.25, 0.3) is 0 Å². The van der Waals surface area contributed by atoms with E-state index in [1.165, 1.54) is 0 Å². The van der Waals surface area contributed by atoms with Crippen molar-refractivity contribution in [2.24, 2.45) is 14.1 Å². The van der Waals surface area contributed by atoms with Gasteiger partial charge in [-0.15, -0.1) is 0 Å². The first-order valence-electron chi connectivity index (χ1n) is 7.48. The Morgan fingerprint density at radius 1 is 1.00 bits per heavy atom. The number of aromatic nitrogens is 5. The molecule has 8 heteroatoms. The van der Waals surface area contributed by atoms with E-state index in [2.05, 4.69) is 31.9 Å². The zero-order valence-electron chi connectivity index (χ0n) is 13.6. The molecule has 0 bridgehead atoms. The number of nitriles is 1. The van der Waals surface area contributed by atoms with Crippen molar-refractivity contribution >= 4 is 11.6 Å².